The molecule has 1 aliphatic rings. The molecule has 0 amide bonds. The van der Waals surface area contributed by atoms with E-state index in [1.165, 1.54) is 13.4 Å². The third-order valence-corrected chi connectivity index (χ3v) is 7.31. The lowest BCUT2D eigenvalue weighted by Gasteiger charge is -2.28. The van der Waals surface area contributed by atoms with Crippen molar-refractivity contribution in [2.45, 2.75) is 45.1 Å². The zero-order chi connectivity index (χ0) is 25.2. The highest BCUT2D eigenvalue weighted by atomic mass is 35.5. The van der Waals surface area contributed by atoms with E-state index in [1.807, 2.05) is 4.57 Å². The van der Waals surface area contributed by atoms with E-state index in [4.69, 9.17) is 35.9 Å². The molecule has 0 aliphatic carbocycles. The first-order valence-electron chi connectivity index (χ1n) is 11.0. The van der Waals surface area contributed by atoms with E-state index < -0.39 is 20.0 Å². The molecule has 0 bridgehead atoms. The molecule has 0 saturated carbocycles. The van der Waals surface area contributed by atoms with Gasteiger partial charge in [0.25, 0.3) is 0 Å². The summed E-state index contributed by atoms with van der Waals surface area (Å²) in [5, 5.41) is 3.71. The number of imidazole rings is 1. The van der Waals surface area contributed by atoms with Crippen molar-refractivity contribution >= 4 is 43.1 Å². The van der Waals surface area contributed by atoms with Crippen LogP contribution in [0.15, 0.2) is 36.9 Å². The van der Waals surface area contributed by atoms with Gasteiger partial charge < -0.3 is 24.3 Å². The maximum atomic E-state index is 12.2. The summed E-state index contributed by atoms with van der Waals surface area (Å²) in [4.78, 5) is 24.9. The summed E-state index contributed by atoms with van der Waals surface area (Å²) < 4.78 is 25.2. The van der Waals surface area contributed by atoms with Crippen molar-refractivity contribution in [1.29, 1.82) is 0 Å². The van der Waals surface area contributed by atoms with Crippen LogP contribution in [0.3, 0.4) is 0 Å². The number of fused-ring (bicyclic) bond motifs is 1. The number of ether oxygens (including phenoxy) is 2. The van der Waals surface area contributed by atoms with Crippen LogP contribution in [0.2, 0.25) is 5.02 Å². The number of rotatable bonds is 9. The number of carbonyl (C=O) groups excluding carboxylic acids is 1. The molecule has 3 aromatic rings. The number of nitrogen functional groups attached to an aromatic ring is 1. The Morgan fingerprint density at radius 1 is 1.31 bits per heavy atom. The zero-order valence-corrected chi connectivity index (χ0v) is 21.5. The summed E-state index contributed by atoms with van der Waals surface area (Å²) in [6, 6.07) is 6.90. The Hall–Kier alpha value is -2.56. The number of nitrogens with zero attached hydrogens (tertiary/aromatic N) is 4. The average molecular weight is 523 g/mol. The van der Waals surface area contributed by atoms with Crippen molar-refractivity contribution in [3.8, 4) is 5.75 Å². The molecule has 35 heavy (non-hydrogen) atoms. The second-order valence-electron chi connectivity index (χ2n) is 8.77. The van der Waals surface area contributed by atoms with Gasteiger partial charge in [0, 0.05) is 10.9 Å². The number of nitrogens with one attached hydrogen (secondary N) is 1. The van der Waals surface area contributed by atoms with Crippen LogP contribution in [0.1, 0.15) is 33.4 Å². The normalized spacial score (nSPS) is 21.2. The summed E-state index contributed by atoms with van der Waals surface area (Å²) in [5.41, 5.74) is 6.04. The molecule has 1 aliphatic heterocycles. The first-order chi connectivity index (χ1) is 16.7. The van der Waals surface area contributed by atoms with E-state index in [2.05, 4.69) is 27.0 Å². The molecule has 1 fully saturated rings. The van der Waals surface area contributed by atoms with Gasteiger partial charge in [0.1, 0.15) is 29.4 Å². The Kier molecular flexibility index (Phi) is 7.73. The molecule has 2 aromatic heterocycles. The van der Waals surface area contributed by atoms with Gasteiger partial charge in [-0.05, 0) is 44.5 Å². The van der Waals surface area contributed by atoms with Gasteiger partial charge in [-0.15, -0.1) is 0 Å². The summed E-state index contributed by atoms with van der Waals surface area (Å²) in [6.07, 6.45) is 3.32. The Labute approximate surface area is 209 Å². The van der Waals surface area contributed by atoms with E-state index in [0.29, 0.717) is 27.8 Å². The Morgan fingerprint density at radius 3 is 2.77 bits per heavy atom. The number of hydrogen-bond donors (Lipinski definition) is 2. The number of carbonyl (C=O) groups is 1. The van der Waals surface area contributed by atoms with Gasteiger partial charge in [-0.2, -0.15) is 0 Å². The predicted octanol–water partition coefficient (Wildman–Crippen LogP) is 3.85. The first-order valence-corrected chi connectivity index (χ1v) is 12.5. The maximum Gasteiger partial charge on any atom is 0.325 e. The van der Waals surface area contributed by atoms with Gasteiger partial charge in [0.15, 0.2) is 11.5 Å². The molecule has 2 unspecified atom stereocenters. The smallest absolute Gasteiger partial charge is 0.325 e. The Balaban J connectivity index is 1.45. The molecule has 0 radical (unpaired) electrons. The second-order valence-corrected chi connectivity index (χ2v) is 10.4. The molecule has 1 aromatic carbocycles. The van der Waals surface area contributed by atoms with Crippen LogP contribution in [0.25, 0.3) is 11.2 Å². The van der Waals surface area contributed by atoms with E-state index in [-0.39, 0.29) is 24.9 Å². The molecule has 1 saturated heterocycles. The van der Waals surface area contributed by atoms with Crippen molar-refractivity contribution in [2.75, 3.05) is 19.5 Å². The highest BCUT2D eigenvalue weighted by Gasteiger charge is 2.37. The molecular formula is C22H28ClN6O5P. The molecule has 13 heteroatoms. The number of benzene rings is 1. The van der Waals surface area contributed by atoms with Gasteiger partial charge in [-0.3, -0.25) is 9.36 Å². The Morgan fingerprint density at radius 2 is 2.06 bits per heavy atom. The van der Waals surface area contributed by atoms with Gasteiger partial charge in [0.2, 0.25) is 0 Å². The number of methoxy groups -OCH3 is 1. The van der Waals surface area contributed by atoms with E-state index in [9.17, 15) is 4.79 Å². The third-order valence-electron chi connectivity index (χ3n) is 5.56. The largest absolute Gasteiger partial charge is 0.468 e. The van der Waals surface area contributed by atoms with Crippen LogP contribution >= 0.6 is 20.1 Å². The van der Waals surface area contributed by atoms with Crippen LogP contribution in [-0.4, -0.2) is 50.8 Å². The highest BCUT2D eigenvalue weighted by Crippen LogP contribution is 2.41. The highest BCUT2D eigenvalue weighted by molar-refractivity contribution is 7.45. The van der Waals surface area contributed by atoms with Crippen molar-refractivity contribution in [3.05, 3.63) is 41.9 Å². The summed E-state index contributed by atoms with van der Waals surface area (Å²) in [5.74, 6) is 0.602. The molecular weight excluding hydrogens is 495 g/mol. The van der Waals surface area contributed by atoms with Crippen LogP contribution in [0.4, 0.5) is 5.82 Å². The fourth-order valence-electron chi connectivity index (χ4n) is 3.77. The lowest BCUT2D eigenvalue weighted by molar-refractivity contribution is -0.146. The first kappa shape index (κ1) is 25.5. The van der Waals surface area contributed by atoms with Gasteiger partial charge in [0.05, 0.1) is 26.1 Å². The van der Waals surface area contributed by atoms with Crippen molar-refractivity contribution in [3.63, 3.8) is 0 Å². The number of aromatic nitrogens is 4. The number of halogens is 1. The van der Waals surface area contributed by atoms with Crippen LogP contribution in [0.5, 0.6) is 5.75 Å². The van der Waals surface area contributed by atoms with Crippen LogP contribution < -0.4 is 15.3 Å². The molecule has 3 heterocycles. The fraction of sp³-hybridized carbons (Fsp3) is 0.455. The lowest BCUT2D eigenvalue weighted by atomic mass is 10.1. The number of nitrogens with two attached hydrogens (primary N) is 1. The number of hydrogen-bond acceptors (Lipinski definition) is 10. The minimum atomic E-state index is -1.73. The number of anilines is 1. The van der Waals surface area contributed by atoms with Crippen molar-refractivity contribution in [2.24, 2.45) is 5.92 Å². The molecule has 0 spiro atoms. The van der Waals surface area contributed by atoms with Gasteiger partial charge in [-0.25, -0.2) is 20.0 Å². The lowest BCUT2D eigenvalue weighted by Crippen LogP contribution is -2.45. The molecule has 3 N–H and O–H groups in total. The van der Waals surface area contributed by atoms with E-state index in [1.54, 1.807) is 44.4 Å². The molecule has 4 atom stereocenters. The van der Waals surface area contributed by atoms with Gasteiger partial charge >= 0.3 is 14.5 Å². The monoisotopic (exact) mass is 522 g/mol. The summed E-state index contributed by atoms with van der Waals surface area (Å²) in [7, 11) is -0.391. The minimum absolute atomic E-state index is 0.167. The quantitative estimate of drug-likeness (QED) is 0.315. The van der Waals surface area contributed by atoms with Crippen LogP contribution in [0, 0.1) is 5.92 Å². The molecule has 11 nitrogen and oxygen atoms in total. The summed E-state index contributed by atoms with van der Waals surface area (Å²) in [6.45, 7) is 5.73. The van der Waals surface area contributed by atoms with Gasteiger partial charge in [-0.1, -0.05) is 18.5 Å². The zero-order valence-electron chi connectivity index (χ0n) is 19.8. The Bertz CT molecular complexity index is 1180. The van der Waals surface area contributed by atoms with E-state index in [0.717, 1.165) is 6.42 Å². The van der Waals surface area contributed by atoms with E-state index >= 15 is 0 Å². The van der Waals surface area contributed by atoms with Crippen molar-refractivity contribution in [1.82, 2.24) is 24.6 Å². The third kappa shape index (κ3) is 5.82. The summed E-state index contributed by atoms with van der Waals surface area (Å²) >= 11 is 5.98. The maximum absolute atomic E-state index is 12.2. The van der Waals surface area contributed by atoms with Crippen molar-refractivity contribution < 1.29 is 23.3 Å². The average Bonchev–Trinajstić information content (AvgIpc) is 3.42. The second kappa shape index (κ2) is 10.6. The molecule has 4 rings (SSSR count). The molecule has 188 valence electrons. The fourth-order valence-corrected chi connectivity index (χ4v) is 5.23. The predicted molar refractivity (Wildman–Crippen MR) is 132 cm³/mol. The SMILES string of the molecule is COC(=O)C(C)(C)NP(OCC1C[C@H](C)[C@H](n2cnc3c(N)ncnc32)O1)Oc1ccc(Cl)cc1. The topological polar surface area (TPSA) is 136 Å². The minimum Gasteiger partial charge on any atom is -0.468 e. The number of esters is 1. The van der Waals surface area contributed by atoms with Crippen LogP contribution in [-0.2, 0) is 18.8 Å². The standard InChI is InChI=1S/C22H28ClN6O5P/c1-13-9-16(33-20(13)29-12-27-17-18(24)25-11-26-19(17)29)10-32-35(28-22(2,3)21(30)31-4)34-15-7-5-14(23)6-8-15/h5-8,11-13,16,20,28H,9-10H2,1-4H3,(H2,24,25,26)/t13-,16?,20+,35?/m0/s1.